The monoisotopic (exact) mass is 518 g/mol. The summed E-state index contributed by atoms with van der Waals surface area (Å²) in [6, 6.07) is 20.4. The number of benzene rings is 2. The molecule has 1 heterocycles. The molecule has 0 saturated heterocycles. The highest BCUT2D eigenvalue weighted by Gasteiger charge is 2.78. The van der Waals surface area contributed by atoms with Crippen LogP contribution in [0.4, 0.5) is 5.00 Å². The minimum absolute atomic E-state index is 0.110. The molecule has 1 saturated carbocycles. The molecule has 1 aromatic heterocycles. The van der Waals surface area contributed by atoms with Crippen LogP contribution in [0.25, 0.3) is 10.4 Å². The first-order valence-corrected chi connectivity index (χ1v) is 13.1. The van der Waals surface area contributed by atoms with E-state index in [1.165, 1.54) is 15.6 Å². The number of nitrogens with two attached hydrogens (primary N) is 1. The van der Waals surface area contributed by atoms with Gasteiger partial charge in [0.05, 0.1) is 0 Å². The van der Waals surface area contributed by atoms with Crippen molar-refractivity contribution in [2.45, 2.75) is 43.7 Å². The van der Waals surface area contributed by atoms with Gasteiger partial charge >= 0.3 is 5.97 Å². The maximum atomic E-state index is 13.7. The second kappa shape index (κ2) is 9.09. The minimum atomic E-state index is -2.51. The van der Waals surface area contributed by atoms with Gasteiger partial charge in [0, 0.05) is 21.9 Å². The number of thiophene rings is 1. The Morgan fingerprint density at radius 3 is 2.35 bits per heavy atom. The zero-order valence-corrected chi connectivity index (χ0v) is 21.5. The molecule has 6 nitrogen and oxygen atoms in total. The molecule has 1 aliphatic rings. The average Bonchev–Trinajstić information content (AvgIpc) is 3.24. The Morgan fingerprint density at radius 1 is 1.15 bits per heavy atom. The minimum Gasteiger partial charge on any atom is -0.458 e. The van der Waals surface area contributed by atoms with E-state index >= 15 is 0 Å². The first kappa shape index (κ1) is 24.9. The van der Waals surface area contributed by atoms with E-state index in [9.17, 15) is 13.6 Å². The number of hydrogen-bond donors (Lipinski definition) is 2. The largest absolute Gasteiger partial charge is 0.458 e. The first-order chi connectivity index (χ1) is 16.0. The average molecular weight is 519 g/mol. The third kappa shape index (κ3) is 4.29. The molecule has 1 fully saturated rings. The fraction of sp³-hybridized carbons (Fsp3) is 0.320. The molecule has 2 aromatic carbocycles. The van der Waals surface area contributed by atoms with Gasteiger partial charge in [0.25, 0.3) is 11.3 Å². The number of ether oxygens (including phenoxy) is 1. The number of nitrogens with zero attached hydrogens (tertiary/aromatic N) is 1. The Bertz CT molecular complexity index is 1210. The van der Waals surface area contributed by atoms with Crippen LogP contribution >= 0.6 is 22.9 Å². The number of halogens is 1. The normalized spacial score (nSPS) is 22.8. The van der Waals surface area contributed by atoms with Crippen molar-refractivity contribution in [3.63, 3.8) is 0 Å². The van der Waals surface area contributed by atoms with Crippen molar-refractivity contribution in [1.29, 1.82) is 0 Å². The molecule has 0 amide bonds. The molecule has 3 N–H and O–H groups in total. The standard InChI is InChI=1S/C25H27ClN2O4S2/c1-23(2,3)32-22(29)25(15-24(25,16-27)18-7-5-4-6-8-18)28(34(30)31)21-14-13-20(33-21)17-9-11-19(26)12-10-17/h4-14H,15-16,27H2,1-3H3,(H,30,31). The summed E-state index contributed by atoms with van der Waals surface area (Å²) >= 11 is 4.82. The Labute approximate surface area is 211 Å². The molecule has 4 rings (SSSR count). The Balaban J connectivity index is 1.84. The Morgan fingerprint density at radius 2 is 1.79 bits per heavy atom. The van der Waals surface area contributed by atoms with E-state index in [0.29, 0.717) is 10.0 Å². The van der Waals surface area contributed by atoms with Crippen molar-refractivity contribution in [3.05, 3.63) is 77.3 Å². The number of esters is 1. The van der Waals surface area contributed by atoms with Crippen LogP contribution in [0.5, 0.6) is 0 Å². The summed E-state index contributed by atoms with van der Waals surface area (Å²) in [6.45, 7) is 5.44. The summed E-state index contributed by atoms with van der Waals surface area (Å²) in [7, 11) is 0. The van der Waals surface area contributed by atoms with E-state index in [4.69, 9.17) is 22.1 Å². The molecule has 3 aromatic rings. The van der Waals surface area contributed by atoms with E-state index in [1.54, 1.807) is 39.0 Å². The highest BCUT2D eigenvalue weighted by atomic mass is 35.5. The van der Waals surface area contributed by atoms with Crippen LogP contribution in [-0.4, -0.2) is 32.4 Å². The molecule has 3 atom stereocenters. The van der Waals surface area contributed by atoms with Crippen molar-refractivity contribution < 1.29 is 18.3 Å². The SMILES string of the molecule is CC(C)(C)OC(=O)C1(N(c2ccc(-c3ccc(Cl)cc3)s2)S(=O)O)CC1(CN)c1ccccc1. The predicted octanol–water partition coefficient (Wildman–Crippen LogP) is 5.39. The Hall–Kier alpha value is -2.23. The van der Waals surface area contributed by atoms with Gasteiger partial charge in [-0.2, -0.15) is 0 Å². The highest BCUT2D eigenvalue weighted by Crippen LogP contribution is 2.63. The van der Waals surface area contributed by atoms with Gasteiger partial charge in [0.15, 0.2) is 5.54 Å². The lowest BCUT2D eigenvalue weighted by molar-refractivity contribution is -0.158. The van der Waals surface area contributed by atoms with Gasteiger partial charge in [-0.15, -0.1) is 11.3 Å². The Kier molecular flexibility index (Phi) is 6.65. The molecule has 0 bridgehead atoms. The molecular weight excluding hydrogens is 492 g/mol. The summed E-state index contributed by atoms with van der Waals surface area (Å²) < 4.78 is 30.5. The smallest absolute Gasteiger partial charge is 0.334 e. The van der Waals surface area contributed by atoms with Crippen molar-refractivity contribution in [2.75, 3.05) is 10.8 Å². The number of carbonyl (C=O) groups excluding carboxylic acids is 1. The summed E-state index contributed by atoms with van der Waals surface area (Å²) in [5.74, 6) is -0.571. The fourth-order valence-corrected chi connectivity index (χ4v) is 6.65. The van der Waals surface area contributed by atoms with Crippen molar-refractivity contribution in [3.8, 4) is 10.4 Å². The van der Waals surface area contributed by atoms with Crippen LogP contribution in [0.2, 0.25) is 5.02 Å². The van der Waals surface area contributed by atoms with Gasteiger partial charge in [-0.1, -0.05) is 54.1 Å². The molecule has 34 heavy (non-hydrogen) atoms. The third-order valence-electron chi connectivity index (χ3n) is 6.06. The summed E-state index contributed by atoms with van der Waals surface area (Å²) in [5, 5.41) is 1.10. The number of carbonyl (C=O) groups is 1. The van der Waals surface area contributed by atoms with E-state index in [0.717, 1.165) is 16.0 Å². The predicted molar refractivity (Wildman–Crippen MR) is 138 cm³/mol. The maximum Gasteiger partial charge on any atom is 0.334 e. The molecule has 0 aliphatic heterocycles. The van der Waals surface area contributed by atoms with Gasteiger partial charge < -0.3 is 10.5 Å². The van der Waals surface area contributed by atoms with Crippen LogP contribution in [0.3, 0.4) is 0 Å². The third-order valence-corrected chi connectivity index (χ3v) is 8.37. The summed E-state index contributed by atoms with van der Waals surface area (Å²) in [4.78, 5) is 14.6. The highest BCUT2D eigenvalue weighted by molar-refractivity contribution is 7.81. The summed E-state index contributed by atoms with van der Waals surface area (Å²) in [6.07, 6.45) is 0.260. The van der Waals surface area contributed by atoms with E-state index in [-0.39, 0.29) is 13.0 Å². The molecule has 180 valence electrons. The van der Waals surface area contributed by atoms with E-state index in [1.807, 2.05) is 48.5 Å². The van der Waals surface area contributed by atoms with E-state index in [2.05, 4.69) is 0 Å². The fourth-order valence-electron chi connectivity index (χ4n) is 4.43. The molecule has 0 spiro atoms. The first-order valence-electron chi connectivity index (χ1n) is 10.8. The number of rotatable bonds is 7. The van der Waals surface area contributed by atoms with Gasteiger partial charge in [0.2, 0.25) is 0 Å². The zero-order valence-electron chi connectivity index (χ0n) is 19.2. The van der Waals surface area contributed by atoms with Crippen molar-refractivity contribution in [2.24, 2.45) is 5.73 Å². The lowest BCUT2D eigenvalue weighted by Gasteiger charge is -2.34. The second-order valence-corrected chi connectivity index (χ2v) is 11.7. The lowest BCUT2D eigenvalue weighted by atomic mass is 9.90. The number of anilines is 1. The van der Waals surface area contributed by atoms with Crippen LogP contribution in [0, 0.1) is 0 Å². The molecule has 3 unspecified atom stereocenters. The van der Waals surface area contributed by atoms with Crippen molar-refractivity contribution in [1.82, 2.24) is 0 Å². The van der Waals surface area contributed by atoms with E-state index < -0.39 is 33.8 Å². The topological polar surface area (TPSA) is 92.9 Å². The van der Waals surface area contributed by atoms with Crippen LogP contribution in [-0.2, 0) is 26.2 Å². The number of hydrogen-bond acceptors (Lipinski definition) is 5. The molecule has 0 radical (unpaired) electrons. The quantitative estimate of drug-likeness (QED) is 0.323. The molecule has 9 heteroatoms. The summed E-state index contributed by atoms with van der Waals surface area (Å²) in [5.41, 5.74) is 4.93. The van der Waals surface area contributed by atoms with Crippen LogP contribution in [0.1, 0.15) is 32.8 Å². The maximum absolute atomic E-state index is 13.7. The van der Waals surface area contributed by atoms with Gasteiger partial charge in [-0.25, -0.2) is 13.3 Å². The molecule has 1 aliphatic carbocycles. The van der Waals surface area contributed by atoms with Crippen LogP contribution < -0.4 is 10.0 Å². The second-order valence-electron chi connectivity index (χ2n) is 9.36. The van der Waals surface area contributed by atoms with Gasteiger partial charge in [0.1, 0.15) is 10.6 Å². The van der Waals surface area contributed by atoms with Crippen LogP contribution in [0.15, 0.2) is 66.7 Å². The lowest BCUT2D eigenvalue weighted by Crippen LogP contribution is -2.53. The van der Waals surface area contributed by atoms with Gasteiger partial charge in [-0.05, 0) is 62.6 Å². The van der Waals surface area contributed by atoms with Gasteiger partial charge in [-0.3, -0.25) is 4.55 Å². The van der Waals surface area contributed by atoms with Crippen molar-refractivity contribution >= 4 is 45.2 Å². The molecular formula is C25H27ClN2O4S2. The zero-order chi connectivity index (χ0) is 24.7.